The summed E-state index contributed by atoms with van der Waals surface area (Å²) in [5, 5.41) is 3.03. The van der Waals surface area contributed by atoms with E-state index in [-0.39, 0.29) is 5.75 Å². The summed E-state index contributed by atoms with van der Waals surface area (Å²) in [6.45, 7) is 0.748. The lowest BCUT2D eigenvalue weighted by Gasteiger charge is -2.10. The van der Waals surface area contributed by atoms with Gasteiger partial charge < -0.3 is 10.1 Å². The second-order valence-corrected chi connectivity index (χ2v) is 4.30. The Morgan fingerprint density at radius 3 is 2.30 bits per heavy atom. The van der Waals surface area contributed by atoms with Gasteiger partial charge in [0, 0.05) is 6.54 Å². The fourth-order valence-electron chi connectivity index (χ4n) is 1.89. The summed E-state index contributed by atoms with van der Waals surface area (Å²) in [6, 6.07) is 13.6. The molecule has 0 spiro atoms. The third kappa shape index (κ3) is 3.99. The van der Waals surface area contributed by atoms with Gasteiger partial charge in [-0.25, -0.2) is 0 Å². The van der Waals surface area contributed by atoms with Crippen molar-refractivity contribution >= 4 is 0 Å². The highest BCUT2D eigenvalue weighted by atomic mass is 19.4. The Bertz CT molecular complexity index is 564. The van der Waals surface area contributed by atoms with Crippen molar-refractivity contribution in [1.29, 1.82) is 0 Å². The summed E-state index contributed by atoms with van der Waals surface area (Å²) < 4.78 is 40.5. The van der Waals surface area contributed by atoms with Crippen LogP contribution in [0.5, 0.6) is 5.75 Å². The van der Waals surface area contributed by atoms with Crippen molar-refractivity contribution in [3.8, 4) is 16.9 Å². The molecule has 106 valence electrons. The van der Waals surface area contributed by atoms with Gasteiger partial charge in [-0.05, 0) is 35.9 Å². The van der Waals surface area contributed by atoms with Crippen molar-refractivity contribution in [3.63, 3.8) is 0 Å². The van der Waals surface area contributed by atoms with E-state index >= 15 is 0 Å². The minimum Gasteiger partial charge on any atom is -0.406 e. The van der Waals surface area contributed by atoms with E-state index in [1.165, 1.54) is 18.2 Å². The zero-order chi connectivity index (χ0) is 14.6. The van der Waals surface area contributed by atoms with E-state index in [1.54, 1.807) is 6.07 Å². The smallest absolute Gasteiger partial charge is 0.406 e. The molecule has 0 atom stereocenters. The third-order valence-electron chi connectivity index (χ3n) is 2.74. The van der Waals surface area contributed by atoms with Crippen molar-refractivity contribution in [2.24, 2.45) is 0 Å². The van der Waals surface area contributed by atoms with Crippen molar-refractivity contribution in [2.75, 3.05) is 7.05 Å². The average molecular weight is 281 g/mol. The molecule has 1 N–H and O–H groups in total. The van der Waals surface area contributed by atoms with Gasteiger partial charge in [0.2, 0.25) is 0 Å². The van der Waals surface area contributed by atoms with Gasteiger partial charge in [0.1, 0.15) is 5.75 Å². The van der Waals surface area contributed by atoms with Crippen molar-refractivity contribution in [2.45, 2.75) is 12.9 Å². The molecular weight excluding hydrogens is 267 g/mol. The molecule has 2 aromatic rings. The summed E-state index contributed by atoms with van der Waals surface area (Å²) in [5.74, 6) is -0.214. The summed E-state index contributed by atoms with van der Waals surface area (Å²) in [4.78, 5) is 0. The highest BCUT2D eigenvalue weighted by Crippen LogP contribution is 2.28. The topological polar surface area (TPSA) is 21.3 Å². The van der Waals surface area contributed by atoms with E-state index in [1.807, 2.05) is 31.3 Å². The van der Waals surface area contributed by atoms with Crippen LogP contribution in [0, 0.1) is 0 Å². The summed E-state index contributed by atoms with van der Waals surface area (Å²) in [6.07, 6.45) is -4.67. The lowest BCUT2D eigenvalue weighted by Crippen LogP contribution is -2.17. The predicted molar refractivity (Wildman–Crippen MR) is 71.3 cm³/mol. The highest BCUT2D eigenvalue weighted by Gasteiger charge is 2.31. The predicted octanol–water partition coefficient (Wildman–Crippen LogP) is 3.97. The maximum atomic E-state index is 12.2. The standard InChI is InChI=1S/C15H14F3NO/c1-19-10-11-5-7-12(8-6-11)13-3-2-4-14(9-13)20-15(16,17)18/h2-9,19H,10H2,1H3. The lowest BCUT2D eigenvalue weighted by molar-refractivity contribution is -0.274. The van der Waals surface area contributed by atoms with E-state index in [9.17, 15) is 13.2 Å². The molecule has 0 aliphatic rings. The van der Waals surface area contributed by atoms with Gasteiger partial charge in [0.15, 0.2) is 0 Å². The first-order chi connectivity index (χ1) is 9.48. The van der Waals surface area contributed by atoms with Gasteiger partial charge >= 0.3 is 6.36 Å². The third-order valence-corrected chi connectivity index (χ3v) is 2.74. The summed E-state index contributed by atoms with van der Waals surface area (Å²) in [5.41, 5.74) is 2.64. The lowest BCUT2D eigenvalue weighted by atomic mass is 10.0. The van der Waals surface area contributed by atoms with Crippen LogP contribution in [0.4, 0.5) is 13.2 Å². The first-order valence-electron chi connectivity index (χ1n) is 6.08. The number of rotatable bonds is 4. The van der Waals surface area contributed by atoms with E-state index in [4.69, 9.17) is 0 Å². The second-order valence-electron chi connectivity index (χ2n) is 4.30. The molecule has 2 rings (SSSR count). The minimum absolute atomic E-state index is 0.214. The maximum absolute atomic E-state index is 12.2. The van der Waals surface area contributed by atoms with Crippen molar-refractivity contribution < 1.29 is 17.9 Å². The second kappa shape index (κ2) is 5.96. The number of nitrogens with one attached hydrogen (secondary N) is 1. The van der Waals surface area contributed by atoms with Gasteiger partial charge in [0.05, 0.1) is 0 Å². The first-order valence-corrected chi connectivity index (χ1v) is 6.08. The monoisotopic (exact) mass is 281 g/mol. The molecule has 20 heavy (non-hydrogen) atoms. The fraction of sp³-hybridized carbons (Fsp3) is 0.200. The molecule has 0 saturated heterocycles. The van der Waals surface area contributed by atoms with Gasteiger partial charge in [-0.15, -0.1) is 13.2 Å². The molecule has 2 aromatic carbocycles. The van der Waals surface area contributed by atoms with Crippen molar-refractivity contribution in [1.82, 2.24) is 5.32 Å². The highest BCUT2D eigenvalue weighted by molar-refractivity contribution is 5.65. The SMILES string of the molecule is CNCc1ccc(-c2cccc(OC(F)(F)F)c2)cc1. The first kappa shape index (κ1) is 14.4. The zero-order valence-corrected chi connectivity index (χ0v) is 10.9. The molecule has 0 bridgehead atoms. The Labute approximate surface area is 115 Å². The number of benzene rings is 2. The number of hydrogen-bond donors (Lipinski definition) is 1. The van der Waals surface area contributed by atoms with Crippen LogP contribution in [0.1, 0.15) is 5.56 Å². The largest absolute Gasteiger partial charge is 0.573 e. The Morgan fingerprint density at radius 1 is 1.00 bits per heavy atom. The summed E-state index contributed by atoms with van der Waals surface area (Å²) >= 11 is 0. The Morgan fingerprint density at radius 2 is 1.70 bits per heavy atom. The van der Waals surface area contributed by atoms with Crippen LogP contribution in [-0.2, 0) is 6.54 Å². The molecule has 0 aromatic heterocycles. The maximum Gasteiger partial charge on any atom is 0.573 e. The van der Waals surface area contributed by atoms with E-state index in [0.29, 0.717) is 5.56 Å². The molecule has 0 amide bonds. The van der Waals surface area contributed by atoms with E-state index in [2.05, 4.69) is 10.1 Å². The van der Waals surface area contributed by atoms with Gasteiger partial charge in [-0.1, -0.05) is 36.4 Å². The van der Waals surface area contributed by atoms with Crippen LogP contribution < -0.4 is 10.1 Å². The van der Waals surface area contributed by atoms with Crippen LogP contribution in [0.2, 0.25) is 0 Å². The molecule has 0 aliphatic carbocycles. The average Bonchev–Trinajstić information content (AvgIpc) is 2.38. The normalized spacial score (nSPS) is 11.4. The number of ether oxygens (including phenoxy) is 1. The van der Waals surface area contributed by atoms with Crippen LogP contribution in [-0.4, -0.2) is 13.4 Å². The van der Waals surface area contributed by atoms with E-state index in [0.717, 1.165) is 17.7 Å². The van der Waals surface area contributed by atoms with Crippen LogP contribution in [0.15, 0.2) is 48.5 Å². The van der Waals surface area contributed by atoms with Crippen LogP contribution in [0.3, 0.4) is 0 Å². The van der Waals surface area contributed by atoms with Crippen LogP contribution in [0.25, 0.3) is 11.1 Å². The number of alkyl halides is 3. The molecule has 2 nitrogen and oxygen atoms in total. The minimum atomic E-state index is -4.67. The quantitative estimate of drug-likeness (QED) is 0.915. The molecule has 0 unspecified atom stereocenters. The molecule has 0 saturated carbocycles. The molecule has 0 heterocycles. The van der Waals surface area contributed by atoms with Crippen molar-refractivity contribution in [3.05, 3.63) is 54.1 Å². The number of hydrogen-bond acceptors (Lipinski definition) is 2. The zero-order valence-electron chi connectivity index (χ0n) is 10.9. The van der Waals surface area contributed by atoms with Gasteiger partial charge in [-0.2, -0.15) is 0 Å². The van der Waals surface area contributed by atoms with Gasteiger partial charge in [0.25, 0.3) is 0 Å². The van der Waals surface area contributed by atoms with Crippen LogP contribution >= 0.6 is 0 Å². The molecular formula is C15H14F3NO. The molecule has 0 radical (unpaired) electrons. The summed E-state index contributed by atoms with van der Waals surface area (Å²) in [7, 11) is 1.85. The molecule has 0 fully saturated rings. The Balaban J connectivity index is 2.22. The Kier molecular flexibility index (Phi) is 4.29. The number of halogens is 3. The molecule has 0 aliphatic heterocycles. The van der Waals surface area contributed by atoms with Gasteiger partial charge in [-0.3, -0.25) is 0 Å². The Hall–Kier alpha value is -2.01. The van der Waals surface area contributed by atoms with E-state index < -0.39 is 6.36 Å². The molecule has 5 heteroatoms. The fourth-order valence-corrected chi connectivity index (χ4v) is 1.89.